The molecule has 0 bridgehead atoms. The molecule has 1 N–H and O–H groups in total. The lowest BCUT2D eigenvalue weighted by Gasteiger charge is -2.12. The molecule has 0 spiro atoms. The number of carbonyl (C=O) groups excluding carboxylic acids is 1. The SMILES string of the molecule is N#Cc1cccc(CNC(=O)c2cc(Cl)c3c(c2)OCCCO3)c1. The van der Waals surface area contributed by atoms with Crippen molar-refractivity contribution in [2.45, 2.75) is 13.0 Å². The zero-order valence-corrected chi connectivity index (χ0v) is 13.6. The zero-order chi connectivity index (χ0) is 16.9. The summed E-state index contributed by atoms with van der Waals surface area (Å²) in [5.41, 5.74) is 1.81. The first kappa shape index (κ1) is 16.2. The Morgan fingerprint density at radius 2 is 2.08 bits per heavy atom. The van der Waals surface area contributed by atoms with Gasteiger partial charge < -0.3 is 14.8 Å². The molecule has 1 amide bonds. The van der Waals surface area contributed by atoms with Gasteiger partial charge in [-0.1, -0.05) is 23.7 Å². The highest BCUT2D eigenvalue weighted by Gasteiger charge is 2.18. The fraction of sp³-hybridized carbons (Fsp3) is 0.222. The Hall–Kier alpha value is -2.71. The predicted octanol–water partition coefficient (Wildman–Crippen LogP) is 3.30. The molecule has 0 aliphatic carbocycles. The lowest BCUT2D eigenvalue weighted by molar-refractivity contribution is 0.0950. The van der Waals surface area contributed by atoms with Gasteiger partial charge in [0.05, 0.1) is 29.9 Å². The summed E-state index contributed by atoms with van der Waals surface area (Å²) in [6.07, 6.45) is 0.766. The number of hydrogen-bond donors (Lipinski definition) is 1. The molecule has 1 heterocycles. The number of ether oxygens (including phenoxy) is 2. The quantitative estimate of drug-likeness (QED) is 0.929. The van der Waals surface area contributed by atoms with E-state index >= 15 is 0 Å². The number of halogens is 1. The van der Waals surface area contributed by atoms with Crippen LogP contribution in [-0.4, -0.2) is 19.1 Å². The Balaban J connectivity index is 1.74. The Labute approximate surface area is 144 Å². The summed E-state index contributed by atoms with van der Waals surface area (Å²) < 4.78 is 11.1. The van der Waals surface area contributed by atoms with Crippen LogP contribution in [0.3, 0.4) is 0 Å². The van der Waals surface area contributed by atoms with Crippen LogP contribution in [0.25, 0.3) is 0 Å². The number of nitrogens with one attached hydrogen (secondary N) is 1. The molecule has 122 valence electrons. The molecule has 0 fully saturated rings. The zero-order valence-electron chi connectivity index (χ0n) is 12.8. The molecule has 3 rings (SSSR count). The van der Waals surface area contributed by atoms with Crippen LogP contribution in [0.1, 0.15) is 27.9 Å². The van der Waals surface area contributed by atoms with Crippen LogP contribution >= 0.6 is 11.6 Å². The predicted molar refractivity (Wildman–Crippen MR) is 89.4 cm³/mol. The van der Waals surface area contributed by atoms with Crippen molar-refractivity contribution >= 4 is 17.5 Å². The van der Waals surface area contributed by atoms with E-state index in [0.717, 1.165) is 12.0 Å². The van der Waals surface area contributed by atoms with Gasteiger partial charge in [-0.15, -0.1) is 0 Å². The number of hydrogen-bond acceptors (Lipinski definition) is 4. The van der Waals surface area contributed by atoms with E-state index in [4.69, 9.17) is 26.3 Å². The monoisotopic (exact) mass is 342 g/mol. The van der Waals surface area contributed by atoms with Gasteiger partial charge in [0.2, 0.25) is 0 Å². The Kier molecular flexibility index (Phi) is 4.88. The van der Waals surface area contributed by atoms with Gasteiger partial charge in [-0.25, -0.2) is 0 Å². The van der Waals surface area contributed by atoms with E-state index in [9.17, 15) is 4.79 Å². The summed E-state index contributed by atoms with van der Waals surface area (Å²) in [4.78, 5) is 12.4. The highest BCUT2D eigenvalue weighted by atomic mass is 35.5. The Bertz CT molecular complexity index is 814. The third-order valence-electron chi connectivity index (χ3n) is 3.57. The normalized spacial score (nSPS) is 12.8. The summed E-state index contributed by atoms with van der Waals surface area (Å²) in [5.74, 6) is 0.693. The van der Waals surface area contributed by atoms with Crippen LogP contribution in [0, 0.1) is 11.3 Å². The summed E-state index contributed by atoms with van der Waals surface area (Å²) in [7, 11) is 0. The van der Waals surface area contributed by atoms with Crippen molar-refractivity contribution in [3.05, 3.63) is 58.1 Å². The largest absolute Gasteiger partial charge is 0.489 e. The maximum Gasteiger partial charge on any atom is 0.251 e. The van der Waals surface area contributed by atoms with Gasteiger partial charge in [-0.05, 0) is 29.8 Å². The first-order valence-electron chi connectivity index (χ1n) is 7.54. The summed E-state index contributed by atoms with van der Waals surface area (Å²) in [6.45, 7) is 1.38. The van der Waals surface area contributed by atoms with Crippen molar-refractivity contribution in [2.24, 2.45) is 0 Å². The molecule has 0 saturated carbocycles. The van der Waals surface area contributed by atoms with Crippen molar-refractivity contribution in [3.8, 4) is 17.6 Å². The molecule has 0 unspecified atom stereocenters. The maximum atomic E-state index is 12.4. The lowest BCUT2D eigenvalue weighted by atomic mass is 10.1. The average Bonchev–Trinajstić information content (AvgIpc) is 2.85. The standard InChI is InChI=1S/C18H15ClN2O3/c19-15-8-14(9-16-17(15)24-6-2-5-23-16)18(22)21-11-13-4-1-3-12(7-13)10-20/h1,3-4,7-9H,2,5-6,11H2,(H,21,22). The number of carbonyl (C=O) groups is 1. The topological polar surface area (TPSA) is 71.4 Å². The van der Waals surface area contributed by atoms with Crippen LogP contribution in [-0.2, 0) is 6.54 Å². The number of rotatable bonds is 3. The van der Waals surface area contributed by atoms with Gasteiger partial charge >= 0.3 is 0 Å². The third kappa shape index (κ3) is 3.61. The van der Waals surface area contributed by atoms with Crippen molar-refractivity contribution in [1.29, 1.82) is 5.26 Å². The molecule has 24 heavy (non-hydrogen) atoms. The minimum atomic E-state index is -0.269. The van der Waals surface area contributed by atoms with Gasteiger partial charge in [0.25, 0.3) is 5.91 Å². The van der Waals surface area contributed by atoms with Crippen molar-refractivity contribution in [1.82, 2.24) is 5.32 Å². The van der Waals surface area contributed by atoms with Gasteiger partial charge in [-0.3, -0.25) is 4.79 Å². The van der Waals surface area contributed by atoms with Crippen molar-refractivity contribution in [2.75, 3.05) is 13.2 Å². The average molecular weight is 343 g/mol. The minimum Gasteiger partial charge on any atom is -0.489 e. The van der Waals surface area contributed by atoms with Crippen LogP contribution in [0.15, 0.2) is 36.4 Å². The van der Waals surface area contributed by atoms with Crippen molar-refractivity contribution in [3.63, 3.8) is 0 Å². The van der Waals surface area contributed by atoms with E-state index in [1.807, 2.05) is 6.07 Å². The van der Waals surface area contributed by atoms with Crippen LogP contribution in [0.2, 0.25) is 5.02 Å². The van der Waals surface area contributed by atoms with E-state index in [2.05, 4.69) is 11.4 Å². The van der Waals surface area contributed by atoms with Gasteiger partial charge in [0.1, 0.15) is 0 Å². The van der Waals surface area contributed by atoms with Crippen LogP contribution in [0.4, 0.5) is 0 Å². The van der Waals surface area contributed by atoms with Crippen molar-refractivity contribution < 1.29 is 14.3 Å². The molecule has 2 aromatic rings. The summed E-state index contributed by atoms with van der Waals surface area (Å²) in [6, 6.07) is 12.4. The molecule has 1 aliphatic rings. The summed E-state index contributed by atoms with van der Waals surface area (Å²) in [5, 5.41) is 12.1. The fourth-order valence-electron chi connectivity index (χ4n) is 2.40. The molecule has 0 radical (unpaired) electrons. The maximum absolute atomic E-state index is 12.4. The molecular weight excluding hydrogens is 328 g/mol. The fourth-order valence-corrected chi connectivity index (χ4v) is 2.66. The Morgan fingerprint density at radius 1 is 1.25 bits per heavy atom. The first-order chi connectivity index (χ1) is 11.7. The van der Waals surface area contributed by atoms with Gasteiger partial charge in [-0.2, -0.15) is 5.26 Å². The molecule has 0 atom stereocenters. The Morgan fingerprint density at radius 3 is 2.92 bits per heavy atom. The molecule has 6 heteroatoms. The lowest BCUT2D eigenvalue weighted by Crippen LogP contribution is -2.22. The van der Waals surface area contributed by atoms with E-state index in [1.165, 1.54) is 0 Å². The molecule has 0 aromatic heterocycles. The second kappa shape index (κ2) is 7.24. The first-order valence-corrected chi connectivity index (χ1v) is 7.91. The second-order valence-corrected chi connectivity index (χ2v) is 5.74. The van der Waals surface area contributed by atoms with E-state index < -0.39 is 0 Å². The van der Waals surface area contributed by atoms with Gasteiger partial charge in [0, 0.05) is 18.5 Å². The van der Waals surface area contributed by atoms with E-state index in [1.54, 1.807) is 30.3 Å². The summed E-state index contributed by atoms with van der Waals surface area (Å²) >= 11 is 6.20. The number of amides is 1. The highest BCUT2D eigenvalue weighted by Crippen LogP contribution is 2.37. The third-order valence-corrected chi connectivity index (χ3v) is 3.85. The second-order valence-electron chi connectivity index (χ2n) is 5.33. The molecule has 0 saturated heterocycles. The number of fused-ring (bicyclic) bond motifs is 1. The smallest absolute Gasteiger partial charge is 0.251 e. The van der Waals surface area contributed by atoms with Crippen LogP contribution in [0.5, 0.6) is 11.5 Å². The number of benzene rings is 2. The number of nitriles is 1. The van der Waals surface area contributed by atoms with Crippen LogP contribution < -0.4 is 14.8 Å². The highest BCUT2D eigenvalue weighted by molar-refractivity contribution is 6.32. The van der Waals surface area contributed by atoms with E-state index in [-0.39, 0.29) is 5.91 Å². The number of nitrogens with zero attached hydrogens (tertiary/aromatic N) is 1. The van der Waals surface area contributed by atoms with E-state index in [0.29, 0.717) is 47.4 Å². The molecule has 1 aliphatic heterocycles. The molecular formula is C18H15ClN2O3. The van der Waals surface area contributed by atoms with Gasteiger partial charge in [0.15, 0.2) is 11.5 Å². The minimum absolute atomic E-state index is 0.269. The molecule has 5 nitrogen and oxygen atoms in total. The molecule has 2 aromatic carbocycles.